The van der Waals surface area contributed by atoms with Crippen LogP contribution in [-0.2, 0) is 0 Å². The largest absolute Gasteiger partial charge is 0.354 e. The fourth-order valence-electron chi connectivity index (χ4n) is 6.18. The van der Waals surface area contributed by atoms with Gasteiger partial charge in [0.1, 0.15) is 0 Å². The lowest BCUT2D eigenvalue weighted by Gasteiger charge is -2.07. The molecule has 8 bridgehead atoms. The minimum atomic E-state index is 1.04. The van der Waals surface area contributed by atoms with E-state index in [1.54, 1.807) is 45.3 Å². The van der Waals surface area contributed by atoms with Gasteiger partial charge in [0.25, 0.3) is 0 Å². The number of hydrogen-bond donors (Lipinski definition) is 4. The van der Waals surface area contributed by atoms with Crippen molar-refractivity contribution in [2.45, 2.75) is 0 Å². The SMILES string of the molecule is Brc1ccc(C2=c3ccc([nH]3)=C(c3ccc(Br)s3)c3ccc([nH]3)C(c3ccc(Br)s3)=c3ccc([nH]3)=C(c3ccc(Br)s3)c3ccc2[nH]3)s1. The average molecular weight is 956 g/mol. The molecule has 0 atom stereocenters. The number of aromatic nitrogens is 4. The molecule has 0 saturated heterocycles. The Balaban J connectivity index is 1.44. The maximum absolute atomic E-state index is 3.84. The summed E-state index contributed by atoms with van der Waals surface area (Å²) >= 11 is 21.8. The third-order valence-corrected chi connectivity index (χ3v) is 14.7. The predicted molar refractivity (Wildman–Crippen MR) is 216 cm³/mol. The summed E-state index contributed by atoms with van der Waals surface area (Å²) in [4.78, 5) is 20.0. The fraction of sp³-hybridized carbons (Fsp3) is 0. The summed E-state index contributed by atoms with van der Waals surface area (Å²) in [6.07, 6.45) is 0. The summed E-state index contributed by atoms with van der Waals surface area (Å²) in [6, 6.07) is 34.7. The molecule has 0 saturated carbocycles. The second-order valence-electron chi connectivity index (χ2n) is 11.1. The van der Waals surface area contributed by atoms with Crippen molar-refractivity contribution in [1.29, 1.82) is 0 Å². The third-order valence-electron chi connectivity index (χ3n) is 8.18. The lowest BCUT2D eigenvalue weighted by Crippen LogP contribution is -2.18. The second kappa shape index (κ2) is 12.6. The van der Waals surface area contributed by atoms with Gasteiger partial charge in [0.2, 0.25) is 0 Å². The molecule has 1 aliphatic rings. The van der Waals surface area contributed by atoms with Gasteiger partial charge in [0, 0.05) is 86.0 Å². The first-order chi connectivity index (χ1) is 23.4. The van der Waals surface area contributed by atoms with Crippen LogP contribution in [0, 0.1) is 0 Å². The van der Waals surface area contributed by atoms with Crippen molar-refractivity contribution in [2.24, 2.45) is 0 Å². The van der Waals surface area contributed by atoms with Gasteiger partial charge in [-0.1, -0.05) is 0 Å². The summed E-state index contributed by atoms with van der Waals surface area (Å²) in [6.45, 7) is 0. The van der Waals surface area contributed by atoms with Gasteiger partial charge in [-0.15, -0.1) is 45.3 Å². The van der Waals surface area contributed by atoms with E-state index in [-0.39, 0.29) is 0 Å². The number of rotatable bonds is 4. The number of hydrogen-bond acceptors (Lipinski definition) is 4. The van der Waals surface area contributed by atoms with Gasteiger partial charge in [-0.25, -0.2) is 0 Å². The molecule has 48 heavy (non-hydrogen) atoms. The number of thiophene rings is 4. The van der Waals surface area contributed by atoms with E-state index in [1.807, 2.05) is 0 Å². The van der Waals surface area contributed by atoms with Gasteiger partial charge in [-0.05, 0) is 161 Å². The van der Waals surface area contributed by atoms with E-state index in [4.69, 9.17) is 0 Å². The Morgan fingerprint density at radius 2 is 0.542 bits per heavy atom. The van der Waals surface area contributed by atoms with Crippen LogP contribution in [0.15, 0.2) is 112 Å². The van der Waals surface area contributed by atoms with Crippen LogP contribution in [0.1, 0.15) is 42.3 Å². The maximum atomic E-state index is 3.84. The van der Waals surface area contributed by atoms with Crippen LogP contribution in [0.2, 0.25) is 0 Å². The van der Waals surface area contributed by atoms with Crippen molar-refractivity contribution in [3.8, 4) is 0 Å². The van der Waals surface area contributed by atoms with Crippen molar-refractivity contribution in [2.75, 3.05) is 0 Å². The van der Waals surface area contributed by atoms with Gasteiger partial charge >= 0.3 is 0 Å². The molecule has 4 nitrogen and oxygen atoms in total. The Kier molecular flexibility index (Phi) is 8.20. The fourth-order valence-corrected chi connectivity index (χ4v) is 12.0. The van der Waals surface area contributed by atoms with E-state index < -0.39 is 0 Å². The van der Waals surface area contributed by atoms with Crippen LogP contribution in [0.5, 0.6) is 0 Å². The Hall–Kier alpha value is -2.68. The molecule has 9 rings (SSSR count). The van der Waals surface area contributed by atoms with Gasteiger partial charge in [0.15, 0.2) is 0 Å². The van der Waals surface area contributed by atoms with Gasteiger partial charge in [-0.2, -0.15) is 0 Å². The monoisotopic (exact) mass is 952 g/mol. The summed E-state index contributed by atoms with van der Waals surface area (Å²) in [5.74, 6) is 0. The van der Waals surface area contributed by atoms with Crippen LogP contribution < -0.4 is 21.4 Å². The van der Waals surface area contributed by atoms with E-state index in [2.05, 4.69) is 181 Å². The first-order valence-corrected chi connectivity index (χ1v) is 21.1. The molecule has 12 heteroatoms. The molecule has 4 N–H and O–H groups in total. The van der Waals surface area contributed by atoms with Crippen molar-refractivity contribution >= 4 is 131 Å². The van der Waals surface area contributed by atoms with Gasteiger partial charge < -0.3 is 19.9 Å². The highest BCUT2D eigenvalue weighted by Gasteiger charge is 2.20. The summed E-state index contributed by atoms with van der Waals surface area (Å²) < 4.78 is 4.35. The van der Waals surface area contributed by atoms with E-state index in [9.17, 15) is 0 Å². The second-order valence-corrected chi connectivity index (χ2v) is 20.9. The Morgan fingerprint density at radius 1 is 0.292 bits per heavy atom. The molecule has 236 valence electrons. The number of fused-ring (bicyclic) bond motifs is 8. The standard InChI is InChI=1S/C36H20Br4N4S4/c37-29-13-9-25(45-29)33-17-1-2-18(41-17)34(26-10-14-30(38)46-26)20-5-6-22(43-20)36(28-12-16-32(40)48-28)24-8-7-23(44-24)35(21-4-3-19(33)42-21)27-11-15-31(39)47-27/h1-16,41-44H. The van der Waals surface area contributed by atoms with Crippen molar-refractivity contribution < 1.29 is 0 Å². The van der Waals surface area contributed by atoms with Crippen LogP contribution in [0.3, 0.4) is 0 Å². The molecule has 0 aromatic carbocycles. The number of aromatic amines is 4. The van der Waals surface area contributed by atoms with Crippen LogP contribution in [0.25, 0.3) is 22.3 Å². The molecule has 0 amide bonds. The van der Waals surface area contributed by atoms with Crippen molar-refractivity contribution in [3.05, 3.63) is 176 Å². The number of nitrogens with one attached hydrogen (secondary N) is 4. The van der Waals surface area contributed by atoms with E-state index in [0.717, 1.165) is 101 Å². The molecule has 0 fully saturated rings. The zero-order chi connectivity index (χ0) is 32.5. The lowest BCUT2D eigenvalue weighted by molar-refractivity contribution is 1.19. The van der Waals surface area contributed by atoms with Gasteiger partial charge in [-0.3, -0.25) is 0 Å². The van der Waals surface area contributed by atoms with Gasteiger partial charge in [0.05, 0.1) is 15.1 Å². The minimum absolute atomic E-state index is 1.04. The van der Waals surface area contributed by atoms with E-state index in [1.165, 1.54) is 0 Å². The van der Waals surface area contributed by atoms with Crippen LogP contribution >= 0.6 is 109 Å². The average Bonchev–Trinajstić information content (AvgIpc) is 3.89. The molecular formula is C36H20Br4N4S4. The Morgan fingerprint density at radius 3 is 0.750 bits per heavy atom. The Labute approximate surface area is 323 Å². The zero-order valence-corrected chi connectivity index (χ0v) is 34.0. The zero-order valence-electron chi connectivity index (χ0n) is 24.4. The molecular weight excluding hydrogens is 936 g/mol. The molecule has 0 unspecified atom stereocenters. The molecule has 9 heterocycles. The van der Waals surface area contributed by atoms with E-state index in [0.29, 0.717) is 0 Å². The quantitative estimate of drug-likeness (QED) is 0.136. The molecule has 0 radical (unpaired) electrons. The highest BCUT2D eigenvalue weighted by molar-refractivity contribution is 9.11. The first-order valence-electron chi connectivity index (χ1n) is 14.7. The third kappa shape index (κ3) is 5.64. The molecule has 0 spiro atoms. The molecule has 8 aromatic rings. The topological polar surface area (TPSA) is 63.2 Å². The lowest BCUT2D eigenvalue weighted by atomic mass is 10.1. The van der Waals surface area contributed by atoms with E-state index >= 15 is 0 Å². The number of halogens is 4. The molecule has 0 aliphatic carbocycles. The van der Waals surface area contributed by atoms with Crippen LogP contribution in [0.4, 0.5) is 0 Å². The summed E-state index contributed by atoms with van der Waals surface area (Å²) in [5.41, 5.74) is 8.63. The highest BCUT2D eigenvalue weighted by atomic mass is 79.9. The van der Waals surface area contributed by atoms with Crippen molar-refractivity contribution in [3.63, 3.8) is 0 Å². The summed E-state index contributed by atoms with van der Waals surface area (Å²) in [5, 5.41) is 4.16. The maximum Gasteiger partial charge on any atom is 0.0705 e. The number of H-pyrrole nitrogens is 4. The minimum Gasteiger partial charge on any atom is -0.354 e. The Bertz CT molecular complexity index is 2390. The predicted octanol–water partition coefficient (Wildman–Crippen LogP) is 9.60. The van der Waals surface area contributed by atoms with Crippen LogP contribution in [-0.4, -0.2) is 19.9 Å². The normalized spacial score (nSPS) is 13.2. The van der Waals surface area contributed by atoms with Crippen molar-refractivity contribution in [1.82, 2.24) is 19.9 Å². The smallest absolute Gasteiger partial charge is 0.0705 e. The first kappa shape index (κ1) is 31.3. The summed E-state index contributed by atoms with van der Waals surface area (Å²) in [7, 11) is 0. The molecule has 8 aromatic heterocycles. The molecule has 1 aliphatic heterocycles. The highest BCUT2D eigenvalue weighted by Crippen LogP contribution is 2.36.